The van der Waals surface area contributed by atoms with Gasteiger partial charge in [-0.1, -0.05) is 34.6 Å². The third kappa shape index (κ3) is 6.14. The van der Waals surface area contributed by atoms with E-state index in [4.69, 9.17) is 5.73 Å². The van der Waals surface area contributed by atoms with E-state index in [9.17, 15) is 9.59 Å². The highest BCUT2D eigenvalue weighted by Crippen LogP contribution is 2.40. The lowest BCUT2D eigenvalue weighted by Crippen LogP contribution is -2.42. The summed E-state index contributed by atoms with van der Waals surface area (Å²) in [6.45, 7) is 11.3. The molecule has 0 heterocycles. The third-order valence-electron chi connectivity index (χ3n) is 3.49. The highest BCUT2D eigenvalue weighted by Gasteiger charge is 2.32. The van der Waals surface area contributed by atoms with Crippen LogP contribution in [0.4, 0.5) is 4.79 Å². The van der Waals surface area contributed by atoms with Crippen LogP contribution in [0.25, 0.3) is 0 Å². The Morgan fingerprint density at radius 3 is 2.00 bits per heavy atom. The van der Waals surface area contributed by atoms with Gasteiger partial charge in [0.25, 0.3) is 0 Å². The molecule has 0 aromatic rings. The van der Waals surface area contributed by atoms with Crippen molar-refractivity contribution < 1.29 is 9.59 Å². The first-order valence-electron chi connectivity index (χ1n) is 5.86. The predicted octanol–water partition coefficient (Wildman–Crippen LogP) is 1.23. The molecule has 0 saturated heterocycles. The second kappa shape index (κ2) is 5.89. The Morgan fingerprint density at radius 2 is 1.59 bits per heavy atom. The number of urea groups is 1. The fourth-order valence-electron chi connectivity index (χ4n) is 1.09. The van der Waals surface area contributed by atoms with Gasteiger partial charge in [0, 0.05) is 6.54 Å². The van der Waals surface area contributed by atoms with E-state index in [0.717, 1.165) is 6.42 Å². The maximum absolute atomic E-state index is 11.3. The summed E-state index contributed by atoms with van der Waals surface area (Å²) in [4.78, 5) is 21.7. The van der Waals surface area contributed by atoms with E-state index in [1.165, 1.54) is 0 Å². The molecule has 0 radical (unpaired) electrons. The van der Waals surface area contributed by atoms with Crippen molar-refractivity contribution in [2.45, 2.75) is 41.0 Å². The maximum Gasteiger partial charge on any atom is 0.315 e. The molecule has 0 aromatic heterocycles. The summed E-state index contributed by atoms with van der Waals surface area (Å²) in [5, 5.41) is 5.09. The average molecular weight is 243 g/mol. The minimum atomic E-state index is -0.546. The Labute approximate surface area is 104 Å². The van der Waals surface area contributed by atoms with Gasteiger partial charge in [0.05, 0.1) is 6.54 Å². The molecule has 0 atom stereocenters. The summed E-state index contributed by atoms with van der Waals surface area (Å²) < 4.78 is 0. The standard InChI is InChI=1S/C12H25N3O2/c1-11(2,3)12(4,5)6-7-14-10(17)15-8-9(13)16/h6-8H2,1-5H3,(H2,13,16)(H2,14,15,17). The molecule has 3 amide bonds. The zero-order valence-electron chi connectivity index (χ0n) is 11.5. The number of nitrogens with two attached hydrogens (primary N) is 1. The molecule has 0 unspecified atom stereocenters. The van der Waals surface area contributed by atoms with Crippen LogP contribution in [0, 0.1) is 10.8 Å². The van der Waals surface area contributed by atoms with Crippen molar-refractivity contribution in [3.63, 3.8) is 0 Å². The number of primary amides is 1. The van der Waals surface area contributed by atoms with E-state index in [1.807, 2.05) is 0 Å². The molecule has 0 aromatic carbocycles. The van der Waals surface area contributed by atoms with Crippen LogP contribution in [-0.4, -0.2) is 25.0 Å². The maximum atomic E-state index is 11.3. The summed E-state index contributed by atoms with van der Waals surface area (Å²) >= 11 is 0. The molecule has 4 N–H and O–H groups in total. The van der Waals surface area contributed by atoms with E-state index in [1.54, 1.807) is 0 Å². The summed E-state index contributed by atoms with van der Waals surface area (Å²) in [6, 6.07) is -0.353. The SMILES string of the molecule is CC(C)(C)C(C)(C)CCNC(=O)NCC(N)=O. The first-order chi connectivity index (χ1) is 7.56. The van der Waals surface area contributed by atoms with Crippen molar-refractivity contribution in [1.29, 1.82) is 0 Å². The van der Waals surface area contributed by atoms with Crippen molar-refractivity contribution >= 4 is 11.9 Å². The minimum absolute atomic E-state index is 0.129. The van der Waals surface area contributed by atoms with Gasteiger partial charge in [0.1, 0.15) is 0 Å². The van der Waals surface area contributed by atoms with Crippen molar-refractivity contribution in [1.82, 2.24) is 10.6 Å². The van der Waals surface area contributed by atoms with Gasteiger partial charge in [-0.05, 0) is 17.3 Å². The van der Waals surface area contributed by atoms with Crippen LogP contribution in [0.3, 0.4) is 0 Å². The molecule has 5 heteroatoms. The van der Waals surface area contributed by atoms with Gasteiger partial charge in [-0.15, -0.1) is 0 Å². The van der Waals surface area contributed by atoms with Crippen LogP contribution < -0.4 is 16.4 Å². The first kappa shape index (κ1) is 15.7. The van der Waals surface area contributed by atoms with E-state index in [-0.39, 0.29) is 23.4 Å². The molecular formula is C12H25N3O2. The zero-order chi connectivity index (χ0) is 13.7. The number of rotatable bonds is 5. The fraction of sp³-hybridized carbons (Fsp3) is 0.833. The highest BCUT2D eigenvalue weighted by atomic mass is 16.2. The molecule has 0 aliphatic carbocycles. The van der Waals surface area contributed by atoms with Crippen LogP contribution in [-0.2, 0) is 4.79 Å². The Kier molecular flexibility index (Phi) is 5.45. The van der Waals surface area contributed by atoms with E-state index >= 15 is 0 Å². The first-order valence-corrected chi connectivity index (χ1v) is 5.86. The largest absolute Gasteiger partial charge is 0.368 e. The Morgan fingerprint density at radius 1 is 1.06 bits per heavy atom. The van der Waals surface area contributed by atoms with Crippen molar-refractivity contribution in [3.05, 3.63) is 0 Å². The molecule has 17 heavy (non-hydrogen) atoms. The van der Waals surface area contributed by atoms with Gasteiger partial charge in [-0.25, -0.2) is 4.79 Å². The smallest absolute Gasteiger partial charge is 0.315 e. The Hall–Kier alpha value is -1.26. The van der Waals surface area contributed by atoms with Crippen LogP contribution >= 0.6 is 0 Å². The van der Waals surface area contributed by atoms with Gasteiger partial charge in [0.2, 0.25) is 5.91 Å². The minimum Gasteiger partial charge on any atom is -0.368 e. The van der Waals surface area contributed by atoms with Crippen LogP contribution in [0.5, 0.6) is 0 Å². The lowest BCUT2D eigenvalue weighted by Gasteiger charge is -2.39. The van der Waals surface area contributed by atoms with E-state index < -0.39 is 5.91 Å². The van der Waals surface area contributed by atoms with Crippen molar-refractivity contribution in [2.24, 2.45) is 16.6 Å². The third-order valence-corrected chi connectivity index (χ3v) is 3.49. The second-order valence-corrected chi connectivity index (χ2v) is 5.96. The van der Waals surface area contributed by atoms with Gasteiger partial charge < -0.3 is 16.4 Å². The lowest BCUT2D eigenvalue weighted by molar-refractivity contribution is -0.117. The predicted molar refractivity (Wildman–Crippen MR) is 68.4 cm³/mol. The summed E-state index contributed by atoms with van der Waals surface area (Å²) in [6.07, 6.45) is 0.875. The van der Waals surface area contributed by atoms with Gasteiger partial charge in [0.15, 0.2) is 0 Å². The molecule has 0 aliphatic rings. The monoisotopic (exact) mass is 243 g/mol. The summed E-state index contributed by atoms with van der Waals surface area (Å²) in [5.41, 5.74) is 5.22. The topological polar surface area (TPSA) is 84.2 Å². The quantitative estimate of drug-likeness (QED) is 0.678. The molecule has 100 valence electrons. The van der Waals surface area contributed by atoms with Gasteiger partial charge in [-0.2, -0.15) is 0 Å². The van der Waals surface area contributed by atoms with Crippen LogP contribution in [0.15, 0.2) is 0 Å². The summed E-state index contributed by atoms with van der Waals surface area (Å²) in [7, 11) is 0. The van der Waals surface area contributed by atoms with E-state index in [0.29, 0.717) is 6.54 Å². The molecule has 5 nitrogen and oxygen atoms in total. The molecule has 0 aliphatic heterocycles. The van der Waals surface area contributed by atoms with Gasteiger partial charge in [-0.3, -0.25) is 4.79 Å². The Bertz CT molecular complexity index is 280. The normalized spacial score (nSPS) is 12.1. The molecule has 0 rings (SSSR count). The molecule has 0 saturated carbocycles. The zero-order valence-corrected chi connectivity index (χ0v) is 11.5. The number of carbonyl (C=O) groups is 2. The number of hydrogen-bond acceptors (Lipinski definition) is 2. The van der Waals surface area contributed by atoms with Crippen molar-refractivity contribution in [3.8, 4) is 0 Å². The van der Waals surface area contributed by atoms with E-state index in [2.05, 4.69) is 45.3 Å². The van der Waals surface area contributed by atoms with Crippen molar-refractivity contribution in [2.75, 3.05) is 13.1 Å². The van der Waals surface area contributed by atoms with Crippen LogP contribution in [0.2, 0.25) is 0 Å². The van der Waals surface area contributed by atoms with Gasteiger partial charge >= 0.3 is 6.03 Å². The average Bonchev–Trinajstić information content (AvgIpc) is 2.12. The fourth-order valence-corrected chi connectivity index (χ4v) is 1.09. The molecule has 0 bridgehead atoms. The number of amides is 3. The molecule has 0 spiro atoms. The molecule has 0 fully saturated rings. The highest BCUT2D eigenvalue weighted by molar-refractivity contribution is 5.82. The second-order valence-electron chi connectivity index (χ2n) is 5.96. The number of nitrogens with one attached hydrogen (secondary N) is 2. The Balaban J connectivity index is 3.92. The summed E-state index contributed by atoms with van der Waals surface area (Å²) in [5.74, 6) is -0.546. The molecular weight excluding hydrogens is 218 g/mol. The lowest BCUT2D eigenvalue weighted by atomic mass is 9.67. The van der Waals surface area contributed by atoms with Crippen LogP contribution in [0.1, 0.15) is 41.0 Å². The number of carbonyl (C=O) groups excluding carboxylic acids is 2. The number of hydrogen-bond donors (Lipinski definition) is 3.